The molecular formula is C30H33N3O7S. The van der Waals surface area contributed by atoms with Crippen molar-refractivity contribution < 1.29 is 23.9 Å². The summed E-state index contributed by atoms with van der Waals surface area (Å²) in [6, 6.07) is 9.16. The molecule has 0 radical (unpaired) electrons. The first kappa shape index (κ1) is 29.7. The van der Waals surface area contributed by atoms with E-state index < -0.39 is 22.5 Å². The zero-order valence-corrected chi connectivity index (χ0v) is 24.9. The summed E-state index contributed by atoms with van der Waals surface area (Å²) in [5, 5.41) is 11.7. The molecule has 1 aromatic heterocycles. The molecule has 0 fully saturated rings. The highest BCUT2D eigenvalue weighted by Gasteiger charge is 2.34. The lowest BCUT2D eigenvalue weighted by atomic mass is 9.94. The van der Waals surface area contributed by atoms with Crippen molar-refractivity contribution in [3.8, 4) is 11.5 Å². The van der Waals surface area contributed by atoms with Crippen LogP contribution in [0.3, 0.4) is 0 Å². The fraction of sp³-hybridized carbons (Fsp3) is 0.367. The van der Waals surface area contributed by atoms with Crippen molar-refractivity contribution >= 4 is 29.1 Å². The molecule has 10 nitrogen and oxygen atoms in total. The van der Waals surface area contributed by atoms with Crippen molar-refractivity contribution in [2.75, 3.05) is 6.61 Å². The van der Waals surface area contributed by atoms with Gasteiger partial charge in [0.1, 0.15) is 11.5 Å². The number of thiazole rings is 1. The zero-order valence-electron chi connectivity index (χ0n) is 24.1. The van der Waals surface area contributed by atoms with Crippen LogP contribution in [0.4, 0.5) is 5.69 Å². The minimum atomic E-state index is -0.958. The number of hydrogen-bond donors (Lipinski definition) is 0. The zero-order chi connectivity index (χ0) is 30.0. The maximum Gasteiger partial charge on any atom is 0.338 e. The third-order valence-corrected chi connectivity index (χ3v) is 7.25. The van der Waals surface area contributed by atoms with Crippen LogP contribution in [0, 0.1) is 17.0 Å². The summed E-state index contributed by atoms with van der Waals surface area (Å²) in [7, 11) is 0. The highest BCUT2D eigenvalue weighted by atomic mass is 32.1. The van der Waals surface area contributed by atoms with Gasteiger partial charge in [0.15, 0.2) is 4.80 Å². The topological polar surface area (TPSA) is 122 Å². The van der Waals surface area contributed by atoms with E-state index in [0.717, 1.165) is 11.3 Å². The number of carbonyl (C=O) groups excluding carboxylic acids is 1. The van der Waals surface area contributed by atoms with Gasteiger partial charge in [-0.3, -0.25) is 19.5 Å². The molecule has 41 heavy (non-hydrogen) atoms. The predicted molar refractivity (Wildman–Crippen MR) is 156 cm³/mol. The third-order valence-electron chi connectivity index (χ3n) is 6.27. The van der Waals surface area contributed by atoms with Crippen LogP contribution in [0.2, 0.25) is 0 Å². The lowest BCUT2D eigenvalue weighted by molar-refractivity contribution is -0.385. The lowest BCUT2D eigenvalue weighted by Gasteiger charge is -2.24. The van der Waals surface area contributed by atoms with Crippen molar-refractivity contribution in [3.05, 3.63) is 94.2 Å². The molecule has 216 valence electrons. The summed E-state index contributed by atoms with van der Waals surface area (Å²) in [6.07, 6.45) is 1.58. The molecule has 2 heterocycles. The Labute approximate surface area is 241 Å². The van der Waals surface area contributed by atoms with E-state index in [4.69, 9.17) is 14.2 Å². The molecule has 11 heteroatoms. The van der Waals surface area contributed by atoms with Crippen molar-refractivity contribution in [1.82, 2.24) is 4.57 Å². The summed E-state index contributed by atoms with van der Waals surface area (Å²) in [5.74, 6) is 0.563. The van der Waals surface area contributed by atoms with Gasteiger partial charge in [0.2, 0.25) is 0 Å². The van der Waals surface area contributed by atoms with Crippen LogP contribution >= 0.6 is 11.3 Å². The lowest BCUT2D eigenvalue weighted by Crippen LogP contribution is -2.40. The van der Waals surface area contributed by atoms with Crippen molar-refractivity contribution in [1.29, 1.82) is 0 Å². The Kier molecular flexibility index (Phi) is 8.77. The van der Waals surface area contributed by atoms with E-state index in [1.165, 1.54) is 10.6 Å². The normalized spacial score (nSPS) is 15.1. The number of aryl methyl sites for hydroxylation is 1. The van der Waals surface area contributed by atoms with Gasteiger partial charge in [-0.2, -0.15) is 0 Å². The van der Waals surface area contributed by atoms with Gasteiger partial charge in [-0.15, -0.1) is 0 Å². The monoisotopic (exact) mass is 579 g/mol. The number of nitrogens with zero attached hydrogens (tertiary/aromatic N) is 3. The number of fused-ring (bicyclic) bond motifs is 1. The van der Waals surface area contributed by atoms with E-state index in [-0.39, 0.29) is 30.1 Å². The van der Waals surface area contributed by atoms with Crippen LogP contribution in [0.25, 0.3) is 6.08 Å². The van der Waals surface area contributed by atoms with Crippen LogP contribution in [0.15, 0.2) is 57.5 Å². The number of nitro benzene ring substituents is 1. The SMILES string of the molecule is CCOC(=O)C1=C(C)N=c2s/c(=C/c3ccc(OC(C)C)cc3OC(C)C)c(=O)n2[C@H]1c1ccc(C)c([N+](=O)[O-])c1. The molecule has 1 aliphatic rings. The van der Waals surface area contributed by atoms with Gasteiger partial charge in [0.05, 0.1) is 45.6 Å². The summed E-state index contributed by atoms with van der Waals surface area (Å²) in [4.78, 5) is 43.3. The fourth-order valence-electron chi connectivity index (χ4n) is 4.58. The molecule has 0 saturated heterocycles. The number of carbonyl (C=O) groups is 1. The Balaban J connectivity index is 1.95. The Morgan fingerprint density at radius 2 is 1.83 bits per heavy atom. The predicted octanol–water partition coefficient (Wildman–Crippen LogP) is 4.59. The number of hydrogen-bond acceptors (Lipinski definition) is 9. The number of esters is 1. The molecule has 0 N–H and O–H groups in total. The minimum absolute atomic E-state index is 0.0223. The number of allylic oxidation sites excluding steroid dienone is 1. The molecule has 2 aromatic carbocycles. The Hall–Kier alpha value is -4.25. The number of ether oxygens (including phenoxy) is 3. The van der Waals surface area contributed by atoms with Gasteiger partial charge in [0.25, 0.3) is 11.2 Å². The average molecular weight is 580 g/mol. The second kappa shape index (κ2) is 12.1. The number of rotatable bonds is 9. The van der Waals surface area contributed by atoms with E-state index in [9.17, 15) is 19.7 Å². The maximum atomic E-state index is 14.0. The number of nitro groups is 1. The molecule has 1 aliphatic heterocycles. The second-order valence-electron chi connectivity index (χ2n) is 10.1. The van der Waals surface area contributed by atoms with Crippen LogP contribution in [0.1, 0.15) is 64.3 Å². The summed E-state index contributed by atoms with van der Waals surface area (Å²) < 4.78 is 18.9. The first-order valence-electron chi connectivity index (χ1n) is 13.3. The quantitative estimate of drug-likeness (QED) is 0.206. The molecule has 4 rings (SSSR count). The van der Waals surface area contributed by atoms with E-state index in [0.29, 0.717) is 43.2 Å². The van der Waals surface area contributed by atoms with Crippen LogP contribution < -0.4 is 24.4 Å². The molecule has 0 amide bonds. The largest absolute Gasteiger partial charge is 0.491 e. The van der Waals surface area contributed by atoms with Crippen molar-refractivity contribution in [3.63, 3.8) is 0 Å². The van der Waals surface area contributed by atoms with Crippen LogP contribution in [0.5, 0.6) is 11.5 Å². The summed E-state index contributed by atoms with van der Waals surface area (Å²) in [5.41, 5.74) is 1.57. The van der Waals surface area contributed by atoms with E-state index in [2.05, 4.69) is 4.99 Å². The van der Waals surface area contributed by atoms with Crippen molar-refractivity contribution in [2.24, 2.45) is 4.99 Å². The molecule has 0 aliphatic carbocycles. The second-order valence-corrected chi connectivity index (χ2v) is 11.1. The van der Waals surface area contributed by atoms with Gasteiger partial charge in [0, 0.05) is 23.3 Å². The first-order chi connectivity index (χ1) is 19.4. The Morgan fingerprint density at radius 1 is 1.12 bits per heavy atom. The van der Waals surface area contributed by atoms with E-state index in [1.54, 1.807) is 45.0 Å². The standard InChI is InChI=1S/C30H33N3O7S/c1-8-38-29(35)26-19(7)31-30-32(27(26)21-10-9-18(6)23(13-21)33(36)37)28(34)25(41-30)14-20-11-12-22(39-16(2)3)15-24(20)40-17(4)5/h9-17,27H,8H2,1-7H3/b25-14+/t27-/m0/s1. The molecule has 0 saturated carbocycles. The summed E-state index contributed by atoms with van der Waals surface area (Å²) in [6.45, 7) is 12.8. The van der Waals surface area contributed by atoms with Crippen LogP contribution in [-0.4, -0.2) is 34.3 Å². The molecular weight excluding hydrogens is 546 g/mol. The molecule has 0 spiro atoms. The average Bonchev–Trinajstić information content (AvgIpc) is 3.18. The van der Waals surface area contributed by atoms with Gasteiger partial charge < -0.3 is 14.2 Å². The maximum absolute atomic E-state index is 14.0. The Bertz CT molecular complexity index is 1720. The van der Waals surface area contributed by atoms with Gasteiger partial charge in [-0.1, -0.05) is 23.5 Å². The van der Waals surface area contributed by atoms with E-state index >= 15 is 0 Å². The first-order valence-corrected chi connectivity index (χ1v) is 14.1. The summed E-state index contributed by atoms with van der Waals surface area (Å²) >= 11 is 1.16. The van der Waals surface area contributed by atoms with Gasteiger partial charge in [-0.25, -0.2) is 9.79 Å². The smallest absolute Gasteiger partial charge is 0.338 e. The Morgan fingerprint density at radius 3 is 2.46 bits per heavy atom. The molecule has 1 atom stereocenters. The van der Waals surface area contributed by atoms with Crippen molar-refractivity contribution in [2.45, 2.75) is 66.7 Å². The van der Waals surface area contributed by atoms with Gasteiger partial charge >= 0.3 is 5.97 Å². The van der Waals surface area contributed by atoms with Crippen LogP contribution in [-0.2, 0) is 9.53 Å². The van der Waals surface area contributed by atoms with E-state index in [1.807, 2.05) is 39.8 Å². The molecule has 0 bridgehead atoms. The molecule has 3 aromatic rings. The van der Waals surface area contributed by atoms with Gasteiger partial charge in [-0.05, 0) is 72.2 Å². The third kappa shape index (κ3) is 6.25. The minimum Gasteiger partial charge on any atom is -0.491 e. The fourth-order valence-corrected chi connectivity index (χ4v) is 5.61. The highest BCUT2D eigenvalue weighted by Crippen LogP contribution is 2.33. The molecule has 0 unspecified atom stereocenters. The number of benzene rings is 2. The number of aromatic nitrogens is 1. The highest BCUT2D eigenvalue weighted by molar-refractivity contribution is 7.07.